The van der Waals surface area contributed by atoms with Crippen LogP contribution in [0.4, 0.5) is 4.39 Å². The molecule has 112 valence electrons. The lowest BCUT2D eigenvalue weighted by Gasteiger charge is -2.30. The summed E-state index contributed by atoms with van der Waals surface area (Å²) in [6.07, 6.45) is 3.55. The van der Waals surface area contributed by atoms with E-state index >= 15 is 0 Å². The molecule has 0 aliphatic carbocycles. The molecule has 1 atom stereocenters. The van der Waals surface area contributed by atoms with Crippen molar-refractivity contribution in [1.82, 2.24) is 10.2 Å². The SMILES string of the molecule is CC1CCN(CCNC(C)Cc2cccc(F)c2)CC1. The van der Waals surface area contributed by atoms with Crippen LogP contribution in [0.1, 0.15) is 32.3 Å². The molecular weight excluding hydrogens is 251 g/mol. The van der Waals surface area contributed by atoms with Gasteiger partial charge in [0.25, 0.3) is 0 Å². The molecule has 0 saturated carbocycles. The first-order chi connectivity index (χ1) is 9.63. The van der Waals surface area contributed by atoms with Crippen LogP contribution in [-0.4, -0.2) is 37.1 Å². The van der Waals surface area contributed by atoms with Crippen molar-refractivity contribution in [3.63, 3.8) is 0 Å². The molecule has 1 saturated heterocycles. The number of nitrogens with zero attached hydrogens (tertiary/aromatic N) is 1. The third kappa shape index (κ3) is 5.22. The number of halogens is 1. The summed E-state index contributed by atoms with van der Waals surface area (Å²) in [5.41, 5.74) is 1.07. The fourth-order valence-corrected chi connectivity index (χ4v) is 2.84. The van der Waals surface area contributed by atoms with E-state index in [9.17, 15) is 4.39 Å². The Kier molecular flexibility index (Phi) is 5.99. The summed E-state index contributed by atoms with van der Waals surface area (Å²) in [6, 6.07) is 7.29. The van der Waals surface area contributed by atoms with Gasteiger partial charge in [0.1, 0.15) is 5.82 Å². The van der Waals surface area contributed by atoms with E-state index in [1.165, 1.54) is 32.0 Å². The zero-order chi connectivity index (χ0) is 14.4. The highest BCUT2D eigenvalue weighted by Crippen LogP contribution is 2.15. The van der Waals surface area contributed by atoms with Gasteiger partial charge in [-0.25, -0.2) is 4.39 Å². The van der Waals surface area contributed by atoms with Gasteiger partial charge in [-0.05, 0) is 62.9 Å². The van der Waals surface area contributed by atoms with Crippen molar-refractivity contribution >= 4 is 0 Å². The average molecular weight is 278 g/mol. The number of likely N-dealkylation sites (tertiary alicyclic amines) is 1. The molecule has 1 fully saturated rings. The summed E-state index contributed by atoms with van der Waals surface area (Å²) in [6.45, 7) is 9.13. The first-order valence-corrected chi connectivity index (χ1v) is 7.83. The number of piperidine rings is 1. The van der Waals surface area contributed by atoms with Crippen LogP contribution in [0, 0.1) is 11.7 Å². The quantitative estimate of drug-likeness (QED) is 0.860. The van der Waals surface area contributed by atoms with Gasteiger partial charge in [0.2, 0.25) is 0 Å². The predicted molar refractivity (Wildman–Crippen MR) is 82.4 cm³/mol. The molecule has 0 radical (unpaired) electrons. The monoisotopic (exact) mass is 278 g/mol. The number of benzene rings is 1. The number of hydrogen-bond acceptors (Lipinski definition) is 2. The molecule has 3 heteroatoms. The Bertz CT molecular complexity index is 400. The van der Waals surface area contributed by atoms with Gasteiger partial charge in [0, 0.05) is 19.1 Å². The zero-order valence-electron chi connectivity index (χ0n) is 12.7. The number of hydrogen-bond donors (Lipinski definition) is 1. The lowest BCUT2D eigenvalue weighted by Crippen LogP contribution is -2.40. The summed E-state index contributed by atoms with van der Waals surface area (Å²) in [4.78, 5) is 2.54. The van der Waals surface area contributed by atoms with E-state index in [-0.39, 0.29) is 5.82 Å². The fourth-order valence-electron chi connectivity index (χ4n) is 2.84. The van der Waals surface area contributed by atoms with Gasteiger partial charge in [-0.15, -0.1) is 0 Å². The van der Waals surface area contributed by atoms with Gasteiger partial charge in [0.05, 0.1) is 0 Å². The van der Waals surface area contributed by atoms with Crippen LogP contribution < -0.4 is 5.32 Å². The summed E-state index contributed by atoms with van der Waals surface area (Å²) >= 11 is 0. The molecule has 0 bridgehead atoms. The molecule has 20 heavy (non-hydrogen) atoms. The minimum atomic E-state index is -0.142. The maximum Gasteiger partial charge on any atom is 0.123 e. The van der Waals surface area contributed by atoms with Crippen molar-refractivity contribution in [3.8, 4) is 0 Å². The molecule has 1 aromatic carbocycles. The summed E-state index contributed by atoms with van der Waals surface area (Å²) in [7, 11) is 0. The van der Waals surface area contributed by atoms with E-state index in [1.807, 2.05) is 6.07 Å². The highest BCUT2D eigenvalue weighted by atomic mass is 19.1. The third-order valence-electron chi connectivity index (χ3n) is 4.23. The molecule has 1 aliphatic heterocycles. The van der Waals surface area contributed by atoms with Gasteiger partial charge in [0.15, 0.2) is 0 Å². The first-order valence-electron chi connectivity index (χ1n) is 7.83. The summed E-state index contributed by atoms with van der Waals surface area (Å²) in [5, 5.41) is 3.54. The molecular formula is C17H27FN2. The van der Waals surface area contributed by atoms with E-state index < -0.39 is 0 Å². The van der Waals surface area contributed by atoms with Gasteiger partial charge < -0.3 is 10.2 Å². The van der Waals surface area contributed by atoms with Gasteiger partial charge >= 0.3 is 0 Å². The highest BCUT2D eigenvalue weighted by molar-refractivity contribution is 5.17. The van der Waals surface area contributed by atoms with Crippen LogP contribution in [0.2, 0.25) is 0 Å². The van der Waals surface area contributed by atoms with E-state index in [1.54, 1.807) is 12.1 Å². The number of nitrogens with one attached hydrogen (secondary N) is 1. The van der Waals surface area contributed by atoms with Gasteiger partial charge in [-0.2, -0.15) is 0 Å². The van der Waals surface area contributed by atoms with Gasteiger partial charge in [-0.1, -0.05) is 19.1 Å². The van der Waals surface area contributed by atoms with Crippen molar-refractivity contribution in [3.05, 3.63) is 35.6 Å². The number of rotatable bonds is 6. The minimum absolute atomic E-state index is 0.142. The third-order valence-corrected chi connectivity index (χ3v) is 4.23. The Balaban J connectivity index is 1.64. The Morgan fingerprint density at radius 3 is 2.80 bits per heavy atom. The van der Waals surface area contributed by atoms with Crippen LogP contribution in [0.5, 0.6) is 0 Å². The molecule has 1 N–H and O–H groups in total. The summed E-state index contributed by atoms with van der Waals surface area (Å²) < 4.78 is 13.1. The van der Waals surface area contributed by atoms with Gasteiger partial charge in [-0.3, -0.25) is 0 Å². The molecule has 0 aromatic heterocycles. The smallest absolute Gasteiger partial charge is 0.123 e. The molecule has 1 aromatic rings. The van der Waals surface area contributed by atoms with Crippen LogP contribution in [-0.2, 0) is 6.42 Å². The molecule has 2 nitrogen and oxygen atoms in total. The standard InChI is InChI=1S/C17H27FN2/c1-14-6-9-20(10-7-14)11-8-19-15(2)12-16-4-3-5-17(18)13-16/h3-5,13-15,19H,6-12H2,1-2H3. The largest absolute Gasteiger partial charge is 0.313 e. The maximum atomic E-state index is 13.1. The normalized spacial score (nSPS) is 19.1. The summed E-state index contributed by atoms with van der Waals surface area (Å²) in [5.74, 6) is 0.753. The second kappa shape index (κ2) is 7.75. The van der Waals surface area contributed by atoms with Crippen molar-refractivity contribution in [1.29, 1.82) is 0 Å². The van der Waals surface area contributed by atoms with Crippen LogP contribution in [0.3, 0.4) is 0 Å². The fraction of sp³-hybridized carbons (Fsp3) is 0.647. The Morgan fingerprint density at radius 2 is 2.10 bits per heavy atom. The Hall–Kier alpha value is -0.930. The van der Waals surface area contributed by atoms with Crippen molar-refractivity contribution in [2.75, 3.05) is 26.2 Å². The molecule has 1 unspecified atom stereocenters. The van der Waals surface area contributed by atoms with Crippen molar-refractivity contribution in [2.24, 2.45) is 5.92 Å². The van der Waals surface area contributed by atoms with Crippen molar-refractivity contribution < 1.29 is 4.39 Å². The van der Waals surface area contributed by atoms with E-state index in [0.717, 1.165) is 31.0 Å². The van der Waals surface area contributed by atoms with E-state index in [4.69, 9.17) is 0 Å². The molecule has 2 rings (SSSR count). The Morgan fingerprint density at radius 1 is 1.35 bits per heavy atom. The van der Waals surface area contributed by atoms with Crippen LogP contribution >= 0.6 is 0 Å². The van der Waals surface area contributed by atoms with Crippen LogP contribution in [0.15, 0.2) is 24.3 Å². The second-order valence-corrected chi connectivity index (χ2v) is 6.21. The average Bonchev–Trinajstić information content (AvgIpc) is 2.41. The first kappa shape index (κ1) is 15.5. The molecule has 0 spiro atoms. The maximum absolute atomic E-state index is 13.1. The zero-order valence-corrected chi connectivity index (χ0v) is 12.7. The van der Waals surface area contributed by atoms with Crippen LogP contribution in [0.25, 0.3) is 0 Å². The lowest BCUT2D eigenvalue weighted by atomic mass is 9.99. The predicted octanol–water partition coefficient (Wildman–Crippen LogP) is 3.08. The molecule has 0 amide bonds. The van der Waals surface area contributed by atoms with E-state index in [2.05, 4.69) is 24.1 Å². The molecule has 1 aliphatic rings. The molecule has 1 heterocycles. The topological polar surface area (TPSA) is 15.3 Å². The van der Waals surface area contributed by atoms with Crippen molar-refractivity contribution in [2.45, 2.75) is 39.2 Å². The second-order valence-electron chi connectivity index (χ2n) is 6.21. The lowest BCUT2D eigenvalue weighted by molar-refractivity contribution is 0.191. The van der Waals surface area contributed by atoms with E-state index in [0.29, 0.717) is 6.04 Å². The minimum Gasteiger partial charge on any atom is -0.313 e. The highest BCUT2D eigenvalue weighted by Gasteiger charge is 2.15. The Labute approximate surface area is 122 Å².